The molecule has 0 spiro atoms. The molecule has 112 valence electrons. The molecule has 2 aromatic rings. The van der Waals surface area contributed by atoms with E-state index in [0.717, 1.165) is 6.20 Å². The minimum Gasteiger partial charge on any atom is -0.478 e. The number of nitrogens with one attached hydrogen (secondary N) is 2. The number of aromatic nitrogens is 2. The average Bonchev–Trinajstić information content (AvgIpc) is 2.89. The van der Waals surface area contributed by atoms with Crippen LogP contribution in [-0.2, 0) is 10.0 Å². The molecule has 0 bridgehead atoms. The number of carbonyl (C=O) groups is 1. The SMILES string of the molecule is C[C@H](NS(=O)(=O)c1[nH]ncc1C(=O)O)c1ccc(F)cc1. The minimum atomic E-state index is -4.09. The van der Waals surface area contributed by atoms with Gasteiger partial charge in [-0.25, -0.2) is 22.3 Å². The summed E-state index contributed by atoms with van der Waals surface area (Å²) in [6, 6.07) is 4.62. The maximum absolute atomic E-state index is 12.8. The molecular formula is C12H12FN3O4S. The highest BCUT2D eigenvalue weighted by Crippen LogP contribution is 2.18. The Labute approximate surface area is 119 Å². The molecule has 21 heavy (non-hydrogen) atoms. The highest BCUT2D eigenvalue weighted by molar-refractivity contribution is 7.89. The van der Waals surface area contributed by atoms with E-state index >= 15 is 0 Å². The Balaban J connectivity index is 2.27. The molecular weight excluding hydrogens is 301 g/mol. The molecule has 0 radical (unpaired) electrons. The Bertz CT molecular complexity index is 755. The van der Waals surface area contributed by atoms with Crippen molar-refractivity contribution in [2.24, 2.45) is 0 Å². The van der Waals surface area contributed by atoms with E-state index in [2.05, 4.69) is 14.9 Å². The highest BCUT2D eigenvalue weighted by atomic mass is 32.2. The van der Waals surface area contributed by atoms with Crippen LogP contribution in [0.15, 0.2) is 35.5 Å². The Morgan fingerprint density at radius 3 is 2.57 bits per heavy atom. The van der Waals surface area contributed by atoms with Crippen molar-refractivity contribution in [3.05, 3.63) is 47.4 Å². The Hall–Kier alpha value is -2.26. The Kier molecular flexibility index (Phi) is 4.05. The fourth-order valence-electron chi connectivity index (χ4n) is 1.74. The van der Waals surface area contributed by atoms with Gasteiger partial charge in [0.25, 0.3) is 10.0 Å². The maximum atomic E-state index is 12.8. The third-order valence-electron chi connectivity index (χ3n) is 2.81. The smallest absolute Gasteiger partial charge is 0.340 e. The lowest BCUT2D eigenvalue weighted by atomic mass is 10.1. The van der Waals surface area contributed by atoms with Crippen molar-refractivity contribution in [1.82, 2.24) is 14.9 Å². The second-order valence-corrected chi connectivity index (χ2v) is 5.96. The lowest BCUT2D eigenvalue weighted by Gasteiger charge is -2.14. The van der Waals surface area contributed by atoms with Crippen LogP contribution in [0.1, 0.15) is 28.9 Å². The predicted octanol–water partition coefficient (Wildman–Crippen LogP) is 1.29. The molecule has 0 unspecified atom stereocenters. The van der Waals surface area contributed by atoms with E-state index in [1.165, 1.54) is 24.3 Å². The fourth-order valence-corrected chi connectivity index (χ4v) is 3.06. The number of aromatic carboxylic acids is 1. The number of hydrogen-bond acceptors (Lipinski definition) is 4. The van der Waals surface area contributed by atoms with E-state index in [9.17, 15) is 17.6 Å². The second-order valence-electron chi connectivity index (χ2n) is 4.31. The topological polar surface area (TPSA) is 112 Å². The summed E-state index contributed by atoms with van der Waals surface area (Å²) in [5, 5.41) is 14.0. The first kappa shape index (κ1) is 15.1. The normalized spacial score (nSPS) is 13.0. The zero-order valence-electron chi connectivity index (χ0n) is 10.9. The van der Waals surface area contributed by atoms with Gasteiger partial charge in [0.15, 0.2) is 5.03 Å². The van der Waals surface area contributed by atoms with Gasteiger partial charge in [-0.3, -0.25) is 5.10 Å². The third-order valence-corrected chi connectivity index (χ3v) is 4.32. The van der Waals surface area contributed by atoms with Crippen molar-refractivity contribution in [3.63, 3.8) is 0 Å². The summed E-state index contributed by atoms with van der Waals surface area (Å²) in [6.45, 7) is 1.56. The van der Waals surface area contributed by atoms with Gasteiger partial charge in [-0.2, -0.15) is 5.10 Å². The van der Waals surface area contributed by atoms with E-state index in [1.807, 2.05) is 0 Å². The predicted molar refractivity (Wildman–Crippen MR) is 70.7 cm³/mol. The third kappa shape index (κ3) is 3.26. The molecule has 3 N–H and O–H groups in total. The molecule has 2 rings (SSSR count). The minimum absolute atomic E-state index is 0.435. The van der Waals surface area contributed by atoms with Crippen LogP contribution < -0.4 is 4.72 Å². The number of carboxylic acids is 1. The highest BCUT2D eigenvalue weighted by Gasteiger charge is 2.26. The summed E-state index contributed by atoms with van der Waals surface area (Å²) < 4.78 is 39.4. The average molecular weight is 313 g/mol. The van der Waals surface area contributed by atoms with Gasteiger partial charge in [0.2, 0.25) is 0 Å². The van der Waals surface area contributed by atoms with Crippen LogP contribution in [0, 0.1) is 5.82 Å². The standard InChI is InChI=1S/C12H12FN3O4S/c1-7(8-2-4-9(13)5-3-8)16-21(19,20)11-10(12(17)18)6-14-15-11/h2-7,16H,1H3,(H,14,15)(H,17,18)/t7-/m0/s1. The number of aromatic amines is 1. The van der Waals surface area contributed by atoms with E-state index in [-0.39, 0.29) is 0 Å². The van der Waals surface area contributed by atoms with Gasteiger partial charge < -0.3 is 5.11 Å². The lowest BCUT2D eigenvalue weighted by Crippen LogP contribution is -2.28. The van der Waals surface area contributed by atoms with E-state index in [4.69, 9.17) is 5.11 Å². The fraction of sp³-hybridized carbons (Fsp3) is 0.167. The van der Waals surface area contributed by atoms with Gasteiger partial charge in [0, 0.05) is 6.04 Å². The van der Waals surface area contributed by atoms with E-state index in [0.29, 0.717) is 5.56 Å². The van der Waals surface area contributed by atoms with Crippen molar-refractivity contribution in [3.8, 4) is 0 Å². The van der Waals surface area contributed by atoms with Crippen molar-refractivity contribution in [1.29, 1.82) is 0 Å². The molecule has 1 aromatic heterocycles. The monoisotopic (exact) mass is 313 g/mol. The lowest BCUT2D eigenvalue weighted by molar-refractivity contribution is 0.0692. The molecule has 0 saturated heterocycles. The van der Waals surface area contributed by atoms with Gasteiger partial charge in [-0.05, 0) is 24.6 Å². The molecule has 0 amide bonds. The number of benzene rings is 1. The number of H-pyrrole nitrogens is 1. The van der Waals surface area contributed by atoms with Gasteiger partial charge in [-0.1, -0.05) is 12.1 Å². The maximum Gasteiger partial charge on any atom is 0.340 e. The molecule has 0 fully saturated rings. The molecule has 0 aliphatic carbocycles. The van der Waals surface area contributed by atoms with Crippen LogP contribution in [0.25, 0.3) is 0 Å². The summed E-state index contributed by atoms with van der Waals surface area (Å²) in [4.78, 5) is 10.9. The van der Waals surface area contributed by atoms with Crippen LogP contribution in [0.5, 0.6) is 0 Å². The number of nitrogens with zero attached hydrogens (tertiary/aromatic N) is 1. The second kappa shape index (κ2) is 5.62. The van der Waals surface area contributed by atoms with Gasteiger partial charge >= 0.3 is 5.97 Å². The summed E-state index contributed by atoms with van der Waals surface area (Å²) in [5.74, 6) is -1.84. The molecule has 0 aliphatic heterocycles. The van der Waals surface area contributed by atoms with Gasteiger partial charge in [0.1, 0.15) is 11.4 Å². The molecule has 0 saturated carbocycles. The number of carboxylic acid groups (broad SMARTS) is 1. The summed E-state index contributed by atoms with van der Waals surface area (Å²) in [7, 11) is -4.09. The van der Waals surface area contributed by atoms with Crippen LogP contribution in [-0.4, -0.2) is 29.7 Å². The zero-order chi connectivity index (χ0) is 15.6. The molecule has 1 aromatic carbocycles. The molecule has 9 heteroatoms. The Morgan fingerprint density at radius 1 is 1.38 bits per heavy atom. The Morgan fingerprint density at radius 2 is 2.00 bits per heavy atom. The molecule has 0 aliphatic rings. The van der Waals surface area contributed by atoms with Gasteiger partial charge in [-0.15, -0.1) is 0 Å². The van der Waals surface area contributed by atoms with Crippen LogP contribution in [0.4, 0.5) is 4.39 Å². The largest absolute Gasteiger partial charge is 0.478 e. The summed E-state index contributed by atoms with van der Waals surface area (Å²) >= 11 is 0. The van der Waals surface area contributed by atoms with Crippen LogP contribution >= 0.6 is 0 Å². The first-order valence-corrected chi connectivity index (χ1v) is 7.34. The first-order chi connectivity index (χ1) is 9.81. The number of halogens is 1. The van der Waals surface area contributed by atoms with Crippen LogP contribution in [0.3, 0.4) is 0 Å². The van der Waals surface area contributed by atoms with Crippen LogP contribution in [0.2, 0.25) is 0 Å². The number of hydrogen-bond donors (Lipinski definition) is 3. The summed E-state index contributed by atoms with van der Waals surface area (Å²) in [6.07, 6.45) is 0.916. The van der Waals surface area contributed by atoms with Gasteiger partial charge in [0.05, 0.1) is 6.20 Å². The summed E-state index contributed by atoms with van der Waals surface area (Å²) in [5.41, 5.74) is 0.0881. The molecule has 1 atom stereocenters. The molecule has 1 heterocycles. The van der Waals surface area contributed by atoms with E-state index in [1.54, 1.807) is 6.92 Å². The zero-order valence-corrected chi connectivity index (χ0v) is 11.7. The van der Waals surface area contributed by atoms with Crippen molar-refractivity contribution < 1.29 is 22.7 Å². The van der Waals surface area contributed by atoms with E-state index < -0.39 is 38.4 Å². The number of sulfonamides is 1. The number of rotatable bonds is 5. The van der Waals surface area contributed by atoms with Crippen molar-refractivity contribution in [2.45, 2.75) is 18.0 Å². The van der Waals surface area contributed by atoms with Crippen molar-refractivity contribution >= 4 is 16.0 Å². The quantitative estimate of drug-likeness (QED) is 0.770. The molecule has 7 nitrogen and oxygen atoms in total. The first-order valence-electron chi connectivity index (χ1n) is 5.85. The van der Waals surface area contributed by atoms with Crippen molar-refractivity contribution in [2.75, 3.05) is 0 Å².